The molecule has 0 amide bonds. The fourth-order valence-corrected chi connectivity index (χ4v) is 9.17. The first kappa shape index (κ1) is 34.9. The third-order valence-corrected chi connectivity index (χ3v) is 12.2. The van der Waals surface area contributed by atoms with E-state index in [1.165, 1.54) is 86.9 Å². The number of fused-ring (bicyclic) bond motifs is 4. The molecule has 0 aliphatic heterocycles. The van der Waals surface area contributed by atoms with Crippen LogP contribution in [0, 0.1) is 0 Å². The van der Waals surface area contributed by atoms with Crippen LogP contribution in [-0.2, 0) is 32.2 Å². The Balaban J connectivity index is 0.000000156. The zero-order valence-corrected chi connectivity index (χ0v) is 31.1. The Bertz CT molecular complexity index is 1970. The molecular weight excluding hydrogens is 652 g/mol. The fourth-order valence-electron chi connectivity index (χ4n) is 9.04. The predicted octanol–water partition coefficient (Wildman–Crippen LogP) is 11.5. The number of rotatable bonds is 3. The molecule has 2 nitrogen and oxygen atoms in total. The van der Waals surface area contributed by atoms with Gasteiger partial charge in [0.2, 0.25) is 0 Å². The molecule has 0 unspecified atom stereocenters. The van der Waals surface area contributed by atoms with Crippen LogP contribution in [0.2, 0.25) is 5.02 Å². The monoisotopic (exact) mass is 702 g/mol. The molecule has 5 aromatic rings. The second-order valence-electron chi connectivity index (χ2n) is 15.2. The van der Waals surface area contributed by atoms with Gasteiger partial charge in [0.1, 0.15) is 0 Å². The molecule has 3 heteroatoms. The summed E-state index contributed by atoms with van der Waals surface area (Å²) in [6, 6.07) is 45.2. The van der Waals surface area contributed by atoms with E-state index in [1.807, 2.05) is 12.1 Å². The van der Waals surface area contributed by atoms with Crippen LogP contribution < -0.4 is 11.1 Å². The molecule has 0 atom stereocenters. The third kappa shape index (κ3) is 7.76. The van der Waals surface area contributed by atoms with E-state index >= 15 is 0 Å². The molecule has 2 fully saturated rings. The minimum Gasteiger partial charge on any atom is -0.328 e. The molecule has 4 aliphatic rings. The predicted molar refractivity (Wildman–Crippen MR) is 220 cm³/mol. The number of hydrogen-bond acceptors (Lipinski definition) is 2. The quantitative estimate of drug-likeness (QED) is 0.196. The summed E-state index contributed by atoms with van der Waals surface area (Å²) in [6.45, 7) is 0.916. The molecule has 0 heterocycles. The van der Waals surface area contributed by atoms with Crippen LogP contribution >= 0.6 is 11.6 Å². The Kier molecular flexibility index (Phi) is 10.9. The van der Waals surface area contributed by atoms with Gasteiger partial charge in [0.05, 0.1) is 0 Å². The standard InChI is InChI=1S/C28H28ClN.C21H23N/c29-24-15-9-20(10-16-24)19-30-25-17-13-23(14-18-25)28-26-7-3-1-5-21(26)11-12-22-6-2-4-8-27(22)28;22-18-13-11-17(12-14-18)21-19-7-3-1-5-15(19)9-10-16-6-2-4-8-20(16)21/h1-10,15-16,25,30H,11-14,17-19H2;1-8,18H,9-14,22H2. The number of halogens is 1. The van der Waals surface area contributed by atoms with Crippen molar-refractivity contribution in [3.8, 4) is 0 Å². The first-order chi connectivity index (χ1) is 25.6. The van der Waals surface area contributed by atoms with Crippen molar-refractivity contribution in [2.45, 2.75) is 95.7 Å². The van der Waals surface area contributed by atoms with Crippen molar-refractivity contribution in [2.24, 2.45) is 5.73 Å². The highest BCUT2D eigenvalue weighted by atomic mass is 35.5. The van der Waals surface area contributed by atoms with Crippen LogP contribution in [0.5, 0.6) is 0 Å². The summed E-state index contributed by atoms with van der Waals surface area (Å²) in [6.07, 6.45) is 13.9. The van der Waals surface area contributed by atoms with Crippen LogP contribution in [-0.4, -0.2) is 12.1 Å². The summed E-state index contributed by atoms with van der Waals surface area (Å²) in [5, 5.41) is 4.57. The minimum atomic E-state index is 0.389. The molecule has 52 heavy (non-hydrogen) atoms. The smallest absolute Gasteiger partial charge is 0.0406 e. The summed E-state index contributed by atoms with van der Waals surface area (Å²) in [7, 11) is 0. The molecule has 0 radical (unpaired) electrons. The zero-order chi connectivity index (χ0) is 35.3. The van der Waals surface area contributed by atoms with Crippen molar-refractivity contribution in [1.29, 1.82) is 0 Å². The molecule has 0 saturated heterocycles. The van der Waals surface area contributed by atoms with Gasteiger partial charge in [0.15, 0.2) is 0 Å². The minimum absolute atomic E-state index is 0.389. The van der Waals surface area contributed by atoms with Crippen LogP contribution in [0.3, 0.4) is 0 Å². The van der Waals surface area contributed by atoms with E-state index < -0.39 is 0 Å². The lowest BCUT2D eigenvalue weighted by atomic mass is 9.82. The molecule has 0 bridgehead atoms. The number of nitrogens with one attached hydrogen (secondary N) is 1. The number of benzene rings is 5. The molecule has 5 aromatic carbocycles. The SMILES string of the molecule is Clc1ccc(CNC2CCC(=C3c4ccccc4CCc4ccccc43)CC2)cc1.NC1CCC(=C2c3ccccc3CCc3ccccc32)CC1. The highest BCUT2D eigenvalue weighted by Gasteiger charge is 2.25. The molecular formula is C49H51ClN2. The van der Waals surface area contributed by atoms with Gasteiger partial charge < -0.3 is 11.1 Å². The van der Waals surface area contributed by atoms with Crippen LogP contribution in [0.4, 0.5) is 0 Å². The van der Waals surface area contributed by atoms with Crippen molar-refractivity contribution in [3.63, 3.8) is 0 Å². The molecule has 2 saturated carbocycles. The van der Waals surface area contributed by atoms with Gasteiger partial charge in [-0.1, -0.05) is 132 Å². The number of allylic oxidation sites excluding steroid dienone is 2. The number of hydrogen-bond donors (Lipinski definition) is 2. The molecule has 264 valence electrons. The van der Waals surface area contributed by atoms with Gasteiger partial charge in [-0.25, -0.2) is 0 Å². The van der Waals surface area contributed by atoms with Crippen LogP contribution in [0.25, 0.3) is 11.1 Å². The highest BCUT2D eigenvalue weighted by molar-refractivity contribution is 6.30. The summed E-state index contributed by atoms with van der Waals surface area (Å²) in [5.74, 6) is 0. The lowest BCUT2D eigenvalue weighted by Crippen LogP contribution is -2.31. The van der Waals surface area contributed by atoms with Crippen molar-refractivity contribution >= 4 is 22.7 Å². The molecule has 0 aromatic heterocycles. The molecule has 3 N–H and O–H groups in total. The lowest BCUT2D eigenvalue weighted by molar-refractivity contribution is 0.418. The van der Waals surface area contributed by atoms with Gasteiger partial charge in [0, 0.05) is 23.7 Å². The van der Waals surface area contributed by atoms with Gasteiger partial charge in [-0.05, 0) is 150 Å². The maximum Gasteiger partial charge on any atom is 0.0406 e. The van der Waals surface area contributed by atoms with Crippen molar-refractivity contribution in [3.05, 3.63) is 188 Å². The van der Waals surface area contributed by atoms with Crippen molar-refractivity contribution < 1.29 is 0 Å². The Hall–Kier alpha value is -4.21. The van der Waals surface area contributed by atoms with E-state index in [1.54, 1.807) is 11.1 Å². The van der Waals surface area contributed by atoms with Crippen molar-refractivity contribution in [1.82, 2.24) is 5.32 Å². The fraction of sp³-hybridized carbons (Fsp3) is 0.306. The van der Waals surface area contributed by atoms with Crippen molar-refractivity contribution in [2.75, 3.05) is 0 Å². The average molecular weight is 703 g/mol. The van der Waals surface area contributed by atoms with E-state index in [0.717, 1.165) is 62.9 Å². The Morgan fingerprint density at radius 1 is 0.462 bits per heavy atom. The average Bonchev–Trinajstić information content (AvgIpc) is 3.47. The summed E-state index contributed by atoms with van der Waals surface area (Å²) < 4.78 is 0. The third-order valence-electron chi connectivity index (χ3n) is 11.9. The van der Waals surface area contributed by atoms with Gasteiger partial charge in [-0.15, -0.1) is 0 Å². The van der Waals surface area contributed by atoms with Crippen LogP contribution in [0.15, 0.2) is 132 Å². The summed E-state index contributed by atoms with van der Waals surface area (Å²) in [5.41, 5.74) is 25.5. The number of aryl methyl sites for hydroxylation is 4. The van der Waals surface area contributed by atoms with Gasteiger partial charge in [0.25, 0.3) is 0 Å². The normalized spacial score (nSPS) is 19.6. The van der Waals surface area contributed by atoms with Gasteiger partial charge >= 0.3 is 0 Å². The maximum atomic E-state index is 6.12. The first-order valence-electron chi connectivity index (χ1n) is 19.6. The highest BCUT2D eigenvalue weighted by Crippen LogP contribution is 2.41. The number of nitrogens with two attached hydrogens (primary N) is 1. The Labute approximate surface area is 315 Å². The molecule has 0 spiro atoms. The topological polar surface area (TPSA) is 38.0 Å². The first-order valence-corrected chi connectivity index (χ1v) is 20.0. The lowest BCUT2D eigenvalue weighted by Gasteiger charge is -2.28. The Morgan fingerprint density at radius 3 is 1.23 bits per heavy atom. The van der Waals surface area contributed by atoms with Crippen LogP contribution in [0.1, 0.15) is 101 Å². The van der Waals surface area contributed by atoms with E-state index in [0.29, 0.717) is 12.1 Å². The second kappa shape index (κ2) is 16.2. The van der Waals surface area contributed by atoms with E-state index in [2.05, 4.69) is 115 Å². The van der Waals surface area contributed by atoms with E-state index in [9.17, 15) is 0 Å². The largest absolute Gasteiger partial charge is 0.328 e. The molecule has 9 rings (SSSR count). The molecule has 4 aliphatic carbocycles. The zero-order valence-electron chi connectivity index (χ0n) is 30.3. The van der Waals surface area contributed by atoms with E-state index in [-0.39, 0.29) is 0 Å². The Morgan fingerprint density at radius 2 is 0.827 bits per heavy atom. The van der Waals surface area contributed by atoms with Gasteiger partial charge in [-0.2, -0.15) is 0 Å². The van der Waals surface area contributed by atoms with E-state index in [4.69, 9.17) is 17.3 Å². The second-order valence-corrected chi connectivity index (χ2v) is 15.6. The summed E-state index contributed by atoms with van der Waals surface area (Å²) in [4.78, 5) is 0. The maximum absolute atomic E-state index is 6.12. The summed E-state index contributed by atoms with van der Waals surface area (Å²) >= 11 is 6.01. The van der Waals surface area contributed by atoms with Gasteiger partial charge in [-0.3, -0.25) is 0 Å².